The molecule has 0 radical (unpaired) electrons. The molecule has 1 saturated carbocycles. The lowest BCUT2D eigenvalue weighted by Crippen LogP contribution is -1.95. The lowest BCUT2D eigenvalue weighted by Gasteiger charge is -2.13. The van der Waals surface area contributed by atoms with Crippen LogP contribution in [0, 0.1) is 0 Å². The zero-order chi connectivity index (χ0) is 19.4. The van der Waals surface area contributed by atoms with Crippen LogP contribution in [-0.2, 0) is 0 Å². The van der Waals surface area contributed by atoms with E-state index in [2.05, 4.69) is 0 Å². The van der Waals surface area contributed by atoms with Crippen molar-refractivity contribution in [3.05, 3.63) is 42.6 Å². The highest BCUT2D eigenvalue weighted by atomic mass is 16.5. The van der Waals surface area contributed by atoms with Gasteiger partial charge in [-0.15, -0.1) is 0 Å². The van der Waals surface area contributed by atoms with Crippen molar-refractivity contribution in [2.75, 3.05) is 20.0 Å². The molecule has 0 spiro atoms. The molecule has 0 bridgehead atoms. The van der Waals surface area contributed by atoms with Crippen molar-refractivity contribution >= 4 is 27.5 Å². The van der Waals surface area contributed by atoms with E-state index in [4.69, 9.17) is 20.2 Å². The van der Waals surface area contributed by atoms with E-state index < -0.39 is 0 Å². The highest BCUT2D eigenvalue weighted by Gasteiger charge is 2.28. The van der Waals surface area contributed by atoms with Crippen LogP contribution in [-0.4, -0.2) is 28.9 Å². The number of aromatic nitrogens is 2. The quantitative estimate of drug-likeness (QED) is 0.549. The predicted octanol–water partition coefficient (Wildman–Crippen LogP) is 4.50. The van der Waals surface area contributed by atoms with Crippen LogP contribution in [0.4, 0.5) is 5.69 Å². The first-order chi connectivity index (χ1) is 13.6. The number of aromatic hydroxyl groups is 1. The molecule has 1 fully saturated rings. The molecular formula is C22H21N3O3. The molecule has 1 aliphatic carbocycles. The first-order valence-corrected chi connectivity index (χ1v) is 9.26. The Hall–Kier alpha value is -3.41. The van der Waals surface area contributed by atoms with Crippen LogP contribution < -0.4 is 15.2 Å². The summed E-state index contributed by atoms with van der Waals surface area (Å²) in [6, 6.07) is 11.9. The number of nitrogen functional groups attached to an aromatic ring is 1. The number of fused-ring (bicyclic) bond motifs is 2. The number of hydrogen-bond donors (Lipinski definition) is 2. The van der Waals surface area contributed by atoms with Gasteiger partial charge >= 0.3 is 0 Å². The Bertz CT molecular complexity index is 1230. The van der Waals surface area contributed by atoms with Gasteiger partial charge in [0.25, 0.3) is 0 Å². The molecule has 0 saturated heterocycles. The molecule has 6 heteroatoms. The molecule has 0 atom stereocenters. The monoisotopic (exact) mass is 375 g/mol. The maximum absolute atomic E-state index is 10.7. The number of nitrogens with zero attached hydrogens (tertiary/aromatic N) is 2. The van der Waals surface area contributed by atoms with E-state index in [9.17, 15) is 5.11 Å². The Morgan fingerprint density at radius 3 is 2.64 bits per heavy atom. The van der Waals surface area contributed by atoms with Gasteiger partial charge in [0, 0.05) is 34.8 Å². The minimum Gasteiger partial charge on any atom is -0.497 e. The number of ether oxygens (including phenoxy) is 2. The fourth-order valence-corrected chi connectivity index (χ4v) is 3.85. The van der Waals surface area contributed by atoms with E-state index in [0.29, 0.717) is 28.4 Å². The van der Waals surface area contributed by atoms with E-state index in [0.717, 1.165) is 40.6 Å². The van der Waals surface area contributed by atoms with Gasteiger partial charge in [-0.2, -0.15) is 0 Å². The van der Waals surface area contributed by atoms with Gasteiger partial charge < -0.3 is 24.9 Å². The predicted molar refractivity (Wildman–Crippen MR) is 110 cm³/mol. The summed E-state index contributed by atoms with van der Waals surface area (Å²) in [6.45, 7) is 0. The zero-order valence-electron chi connectivity index (χ0n) is 15.8. The third-order valence-electron chi connectivity index (χ3n) is 5.45. The van der Waals surface area contributed by atoms with Gasteiger partial charge in [-0.25, -0.2) is 4.98 Å². The Balaban J connectivity index is 1.80. The standard InChI is InChI=1S/C22H21N3O3/c1-27-13-8-9-14(18(10-13)28-2)15-4-3-5-16-20(23)19-17(24-21(15)16)11-25(22(19)26)12-6-7-12/h3-5,8-12,26H,6-7,23H2,1-2H3. The van der Waals surface area contributed by atoms with Crippen molar-refractivity contribution in [2.24, 2.45) is 0 Å². The summed E-state index contributed by atoms with van der Waals surface area (Å²) >= 11 is 0. The molecule has 5 rings (SSSR count). The number of anilines is 1. The van der Waals surface area contributed by atoms with Gasteiger partial charge in [-0.05, 0) is 25.0 Å². The Labute approximate surface area is 162 Å². The molecule has 142 valence electrons. The molecule has 2 aromatic heterocycles. The van der Waals surface area contributed by atoms with Gasteiger partial charge in [0.15, 0.2) is 0 Å². The average molecular weight is 375 g/mol. The van der Waals surface area contributed by atoms with Gasteiger partial charge in [0.1, 0.15) is 11.5 Å². The maximum atomic E-state index is 10.7. The van der Waals surface area contributed by atoms with Crippen molar-refractivity contribution in [1.82, 2.24) is 9.55 Å². The Morgan fingerprint density at radius 1 is 1.11 bits per heavy atom. The normalized spacial score (nSPS) is 13.9. The first-order valence-electron chi connectivity index (χ1n) is 9.26. The zero-order valence-corrected chi connectivity index (χ0v) is 15.8. The smallest absolute Gasteiger partial charge is 0.203 e. The number of benzene rings is 2. The molecular weight excluding hydrogens is 354 g/mol. The summed E-state index contributed by atoms with van der Waals surface area (Å²) in [6.07, 6.45) is 4.05. The van der Waals surface area contributed by atoms with E-state index in [1.165, 1.54) is 0 Å². The number of rotatable bonds is 4. The molecule has 0 aliphatic heterocycles. The highest BCUT2D eigenvalue weighted by molar-refractivity contribution is 6.12. The number of para-hydroxylation sites is 1. The molecule has 4 aromatic rings. The summed E-state index contributed by atoms with van der Waals surface area (Å²) in [7, 11) is 3.26. The van der Waals surface area contributed by atoms with Crippen LogP contribution >= 0.6 is 0 Å². The van der Waals surface area contributed by atoms with Gasteiger partial charge in [-0.3, -0.25) is 0 Å². The second-order valence-corrected chi connectivity index (χ2v) is 7.14. The third kappa shape index (κ3) is 2.37. The Kier molecular flexibility index (Phi) is 3.62. The molecule has 3 N–H and O–H groups in total. The highest BCUT2D eigenvalue weighted by Crippen LogP contribution is 2.45. The van der Waals surface area contributed by atoms with Crippen LogP contribution in [0.3, 0.4) is 0 Å². The molecule has 1 aliphatic rings. The lowest BCUT2D eigenvalue weighted by atomic mass is 9.99. The Morgan fingerprint density at radius 2 is 1.93 bits per heavy atom. The lowest BCUT2D eigenvalue weighted by molar-refractivity contribution is 0.395. The van der Waals surface area contributed by atoms with Crippen LogP contribution in [0.15, 0.2) is 42.6 Å². The topological polar surface area (TPSA) is 82.5 Å². The summed E-state index contributed by atoms with van der Waals surface area (Å²) in [4.78, 5) is 4.88. The van der Waals surface area contributed by atoms with Gasteiger partial charge in [0.05, 0.1) is 36.3 Å². The third-order valence-corrected chi connectivity index (χ3v) is 5.45. The summed E-state index contributed by atoms with van der Waals surface area (Å²) in [5.41, 5.74) is 10.3. The average Bonchev–Trinajstić information content (AvgIpc) is 3.51. The van der Waals surface area contributed by atoms with Crippen molar-refractivity contribution < 1.29 is 14.6 Å². The SMILES string of the molecule is COc1ccc(-c2cccc3c(N)c4c(O)n(C5CC5)cc4nc23)c(OC)c1. The van der Waals surface area contributed by atoms with Crippen molar-refractivity contribution in [2.45, 2.75) is 18.9 Å². The number of pyridine rings is 1. The molecule has 2 aromatic carbocycles. The fraction of sp³-hybridized carbons (Fsp3) is 0.227. The van der Waals surface area contributed by atoms with E-state index in [-0.39, 0.29) is 5.88 Å². The van der Waals surface area contributed by atoms with Gasteiger partial charge in [-0.1, -0.05) is 18.2 Å². The molecule has 0 unspecified atom stereocenters. The molecule has 2 heterocycles. The summed E-state index contributed by atoms with van der Waals surface area (Å²) in [5, 5.41) is 12.1. The minimum atomic E-state index is 0.205. The van der Waals surface area contributed by atoms with E-state index >= 15 is 0 Å². The number of methoxy groups -OCH3 is 2. The van der Waals surface area contributed by atoms with Crippen molar-refractivity contribution in [3.8, 4) is 28.5 Å². The van der Waals surface area contributed by atoms with Crippen LogP contribution in [0.2, 0.25) is 0 Å². The maximum Gasteiger partial charge on any atom is 0.203 e. The summed E-state index contributed by atoms with van der Waals surface area (Å²) < 4.78 is 12.8. The molecule has 6 nitrogen and oxygen atoms in total. The summed E-state index contributed by atoms with van der Waals surface area (Å²) in [5.74, 6) is 1.63. The second kappa shape index (κ2) is 6.05. The number of nitrogens with two attached hydrogens (primary N) is 1. The second-order valence-electron chi connectivity index (χ2n) is 7.14. The number of hydrogen-bond acceptors (Lipinski definition) is 5. The fourth-order valence-electron chi connectivity index (χ4n) is 3.85. The van der Waals surface area contributed by atoms with Crippen molar-refractivity contribution in [3.63, 3.8) is 0 Å². The van der Waals surface area contributed by atoms with Crippen LogP contribution in [0.5, 0.6) is 17.4 Å². The molecule has 0 amide bonds. The molecule has 28 heavy (non-hydrogen) atoms. The van der Waals surface area contributed by atoms with Crippen LogP contribution in [0.25, 0.3) is 32.9 Å². The van der Waals surface area contributed by atoms with Gasteiger partial charge in [0.2, 0.25) is 5.88 Å². The van der Waals surface area contributed by atoms with Crippen molar-refractivity contribution in [1.29, 1.82) is 0 Å². The minimum absolute atomic E-state index is 0.205. The van der Waals surface area contributed by atoms with Crippen LogP contribution in [0.1, 0.15) is 18.9 Å². The van der Waals surface area contributed by atoms with E-state index in [1.807, 2.05) is 47.2 Å². The first kappa shape index (κ1) is 16.7. The largest absolute Gasteiger partial charge is 0.497 e. The van der Waals surface area contributed by atoms with E-state index in [1.54, 1.807) is 14.2 Å².